The minimum Gasteiger partial charge on any atom is -0.361 e. The highest BCUT2D eigenvalue weighted by Gasteiger charge is 2.20. The van der Waals surface area contributed by atoms with Gasteiger partial charge in [0.1, 0.15) is 5.76 Å². The van der Waals surface area contributed by atoms with Crippen molar-refractivity contribution in [3.8, 4) is 0 Å². The van der Waals surface area contributed by atoms with Crippen molar-refractivity contribution in [3.63, 3.8) is 0 Å². The maximum atomic E-state index is 12.5. The van der Waals surface area contributed by atoms with Crippen LogP contribution in [0, 0.1) is 13.8 Å². The summed E-state index contributed by atoms with van der Waals surface area (Å²) < 4.78 is 5.13. The maximum Gasteiger partial charge on any atom is 0.225 e. The second kappa shape index (κ2) is 6.79. The van der Waals surface area contributed by atoms with E-state index < -0.39 is 0 Å². The third-order valence-electron chi connectivity index (χ3n) is 3.78. The van der Waals surface area contributed by atoms with E-state index in [-0.39, 0.29) is 18.4 Å². The lowest BCUT2D eigenvalue weighted by molar-refractivity contribution is -0.120. The predicted octanol–water partition coefficient (Wildman–Crippen LogP) is 3.80. The molecule has 0 aliphatic rings. The molecule has 3 rings (SSSR count). The number of benzene rings is 1. The smallest absolute Gasteiger partial charge is 0.225 e. The van der Waals surface area contributed by atoms with E-state index in [0.29, 0.717) is 5.76 Å². The highest BCUT2D eigenvalue weighted by atomic mass is 32.1. The highest BCUT2D eigenvalue weighted by Crippen LogP contribution is 2.26. The zero-order valence-corrected chi connectivity index (χ0v) is 13.9. The predicted molar refractivity (Wildman–Crippen MR) is 90.4 cm³/mol. The van der Waals surface area contributed by atoms with Crippen LogP contribution in [-0.2, 0) is 11.2 Å². The van der Waals surface area contributed by atoms with E-state index in [1.54, 1.807) is 11.3 Å². The number of aromatic nitrogens is 1. The van der Waals surface area contributed by atoms with Gasteiger partial charge in [0.25, 0.3) is 0 Å². The van der Waals surface area contributed by atoms with E-state index in [2.05, 4.69) is 10.5 Å². The molecular formula is C18H18N2O2S. The fourth-order valence-corrected chi connectivity index (χ4v) is 3.35. The molecule has 0 bridgehead atoms. The molecule has 4 nitrogen and oxygen atoms in total. The van der Waals surface area contributed by atoms with Crippen LogP contribution >= 0.6 is 11.3 Å². The second-order valence-corrected chi connectivity index (χ2v) is 6.39. The molecule has 118 valence electrons. The van der Waals surface area contributed by atoms with Crippen molar-refractivity contribution in [2.24, 2.45) is 0 Å². The first-order chi connectivity index (χ1) is 11.1. The van der Waals surface area contributed by atoms with Gasteiger partial charge in [-0.25, -0.2) is 0 Å². The van der Waals surface area contributed by atoms with E-state index in [9.17, 15) is 4.79 Å². The summed E-state index contributed by atoms with van der Waals surface area (Å²) in [5.74, 6) is 0.659. The van der Waals surface area contributed by atoms with Gasteiger partial charge < -0.3 is 9.84 Å². The number of carbonyl (C=O) groups is 1. The summed E-state index contributed by atoms with van der Waals surface area (Å²) in [6, 6.07) is 13.9. The van der Waals surface area contributed by atoms with E-state index in [0.717, 1.165) is 21.7 Å². The van der Waals surface area contributed by atoms with Gasteiger partial charge in [-0.05, 0) is 30.9 Å². The van der Waals surface area contributed by atoms with Crippen molar-refractivity contribution >= 4 is 17.2 Å². The number of aryl methyl sites for hydroxylation is 2. The number of rotatable bonds is 5. The fraction of sp³-hybridized carbons (Fsp3) is 0.222. The number of hydrogen-bond donors (Lipinski definition) is 1. The Morgan fingerprint density at radius 3 is 2.61 bits per heavy atom. The molecule has 0 spiro atoms. The lowest BCUT2D eigenvalue weighted by Crippen LogP contribution is -2.30. The van der Waals surface area contributed by atoms with Crippen LogP contribution in [0.1, 0.15) is 33.5 Å². The largest absolute Gasteiger partial charge is 0.361 e. The first-order valence-electron chi connectivity index (χ1n) is 7.44. The molecule has 1 N–H and O–H groups in total. The molecule has 0 aliphatic heterocycles. The van der Waals surface area contributed by atoms with Crippen LogP contribution in [0.4, 0.5) is 0 Å². The molecule has 2 heterocycles. The van der Waals surface area contributed by atoms with Crippen LogP contribution < -0.4 is 5.32 Å². The van der Waals surface area contributed by atoms with Gasteiger partial charge in [-0.15, -0.1) is 11.3 Å². The quantitative estimate of drug-likeness (QED) is 0.776. The monoisotopic (exact) mass is 326 g/mol. The van der Waals surface area contributed by atoms with Crippen LogP contribution in [0.3, 0.4) is 0 Å². The van der Waals surface area contributed by atoms with E-state index in [1.807, 2.05) is 61.7 Å². The van der Waals surface area contributed by atoms with Crippen molar-refractivity contribution in [1.29, 1.82) is 0 Å². The average Bonchev–Trinajstić information content (AvgIpc) is 3.19. The number of hydrogen-bond acceptors (Lipinski definition) is 4. The van der Waals surface area contributed by atoms with Crippen molar-refractivity contribution in [3.05, 3.63) is 75.3 Å². The maximum absolute atomic E-state index is 12.5. The Hall–Kier alpha value is -2.40. The number of amides is 1. The Morgan fingerprint density at radius 1 is 1.22 bits per heavy atom. The van der Waals surface area contributed by atoms with Crippen LogP contribution in [0.5, 0.6) is 0 Å². The minimum absolute atomic E-state index is 0.0401. The second-order valence-electron chi connectivity index (χ2n) is 5.41. The summed E-state index contributed by atoms with van der Waals surface area (Å²) in [5.41, 5.74) is 2.70. The fourth-order valence-electron chi connectivity index (χ4n) is 2.55. The first-order valence-corrected chi connectivity index (χ1v) is 8.32. The molecule has 5 heteroatoms. The molecule has 0 unspecified atom stereocenters. The molecule has 0 saturated heterocycles. The normalized spacial score (nSPS) is 12.1. The first kappa shape index (κ1) is 15.5. The molecule has 1 atom stereocenters. The van der Waals surface area contributed by atoms with Crippen LogP contribution in [0.2, 0.25) is 0 Å². The summed E-state index contributed by atoms with van der Waals surface area (Å²) in [6.45, 7) is 3.68. The Balaban J connectivity index is 1.80. The van der Waals surface area contributed by atoms with Gasteiger partial charge in [0.15, 0.2) is 0 Å². The van der Waals surface area contributed by atoms with Gasteiger partial charge in [-0.2, -0.15) is 0 Å². The molecule has 1 aromatic carbocycles. The van der Waals surface area contributed by atoms with Crippen LogP contribution in [0.15, 0.2) is 52.4 Å². The molecule has 1 amide bonds. The Morgan fingerprint density at radius 2 is 2.00 bits per heavy atom. The van der Waals surface area contributed by atoms with Gasteiger partial charge in [-0.1, -0.05) is 41.6 Å². The molecule has 0 saturated carbocycles. The average molecular weight is 326 g/mol. The van der Waals surface area contributed by atoms with Crippen molar-refractivity contribution in [1.82, 2.24) is 10.5 Å². The van der Waals surface area contributed by atoms with E-state index in [4.69, 9.17) is 4.52 Å². The molecule has 0 radical (unpaired) electrons. The highest BCUT2D eigenvalue weighted by molar-refractivity contribution is 7.10. The number of thiophene rings is 1. The topological polar surface area (TPSA) is 55.1 Å². The zero-order chi connectivity index (χ0) is 16.2. The summed E-state index contributed by atoms with van der Waals surface area (Å²) in [4.78, 5) is 13.6. The van der Waals surface area contributed by atoms with Crippen LogP contribution in [0.25, 0.3) is 0 Å². The van der Waals surface area contributed by atoms with Crippen molar-refractivity contribution in [2.75, 3.05) is 0 Å². The molecule has 2 aromatic heterocycles. The van der Waals surface area contributed by atoms with Gasteiger partial charge in [0.05, 0.1) is 18.2 Å². The third kappa shape index (κ3) is 3.51. The van der Waals surface area contributed by atoms with Gasteiger partial charge in [-0.3, -0.25) is 4.79 Å². The number of nitrogens with zero attached hydrogens (tertiary/aromatic N) is 1. The van der Waals surface area contributed by atoms with Crippen LogP contribution in [-0.4, -0.2) is 11.1 Å². The Labute approximate surface area is 139 Å². The van der Waals surface area contributed by atoms with Crippen molar-refractivity contribution in [2.45, 2.75) is 26.3 Å². The summed E-state index contributed by atoms with van der Waals surface area (Å²) in [5, 5.41) is 9.05. The van der Waals surface area contributed by atoms with Gasteiger partial charge >= 0.3 is 0 Å². The number of nitrogens with one attached hydrogen (secondary N) is 1. The van der Waals surface area contributed by atoms with E-state index >= 15 is 0 Å². The minimum atomic E-state index is -0.135. The zero-order valence-electron chi connectivity index (χ0n) is 13.1. The lowest BCUT2D eigenvalue weighted by atomic mass is 10.0. The molecule has 0 aliphatic carbocycles. The van der Waals surface area contributed by atoms with Gasteiger partial charge in [0, 0.05) is 10.4 Å². The van der Waals surface area contributed by atoms with E-state index in [1.165, 1.54) is 0 Å². The standard InChI is InChI=1S/C18H18N2O2S/c1-12-15(13(2)22-20-12)11-17(21)19-18(16-9-6-10-23-16)14-7-4-3-5-8-14/h3-10,18H,11H2,1-2H3,(H,19,21)/t18-/m0/s1. The summed E-state index contributed by atoms with van der Waals surface area (Å²) >= 11 is 1.64. The van der Waals surface area contributed by atoms with Crippen molar-refractivity contribution < 1.29 is 9.32 Å². The molecule has 0 fully saturated rings. The summed E-state index contributed by atoms with van der Waals surface area (Å²) in [7, 11) is 0. The summed E-state index contributed by atoms with van der Waals surface area (Å²) in [6.07, 6.45) is 0.274. The SMILES string of the molecule is Cc1noc(C)c1CC(=O)N[C@@H](c1ccccc1)c1cccs1. The Kier molecular flexibility index (Phi) is 4.57. The Bertz CT molecular complexity index is 759. The molecular weight excluding hydrogens is 308 g/mol. The number of carbonyl (C=O) groups excluding carboxylic acids is 1. The lowest BCUT2D eigenvalue weighted by Gasteiger charge is -2.18. The third-order valence-corrected chi connectivity index (χ3v) is 4.72. The molecule has 23 heavy (non-hydrogen) atoms. The van der Waals surface area contributed by atoms with Gasteiger partial charge in [0.2, 0.25) is 5.91 Å². The molecule has 3 aromatic rings.